The lowest BCUT2D eigenvalue weighted by molar-refractivity contribution is -0.115. The number of nitrogens with zero attached hydrogens (tertiary/aromatic N) is 1. The molecule has 0 unspecified atom stereocenters. The summed E-state index contributed by atoms with van der Waals surface area (Å²) in [7, 11) is 0. The molecule has 1 heterocycles. The summed E-state index contributed by atoms with van der Waals surface area (Å²) >= 11 is 0. The Hall–Kier alpha value is -1.17. The van der Waals surface area contributed by atoms with Crippen molar-refractivity contribution in [2.24, 2.45) is 0 Å². The quantitative estimate of drug-likeness (QED) is 0.813. The Bertz CT molecular complexity index is 273. The standard InChI is InChI=1S/C7H8F3N3.ClH/c8-7(9,10)4-13-6-2-1-5(11)3-12-6;/h1-3H,4,11H2,(H,12,13);1H. The summed E-state index contributed by atoms with van der Waals surface area (Å²) in [6.45, 7) is -1.09. The van der Waals surface area contributed by atoms with Crippen LogP contribution in [0, 0.1) is 0 Å². The minimum Gasteiger partial charge on any atom is -0.397 e. The lowest BCUT2D eigenvalue weighted by atomic mass is 10.4. The van der Waals surface area contributed by atoms with Gasteiger partial charge >= 0.3 is 6.18 Å². The van der Waals surface area contributed by atoms with Gasteiger partial charge in [-0.1, -0.05) is 0 Å². The predicted octanol–water partition coefficient (Wildman–Crippen LogP) is 2.06. The average Bonchev–Trinajstić information content (AvgIpc) is 2.02. The van der Waals surface area contributed by atoms with Gasteiger partial charge in [-0.25, -0.2) is 4.98 Å². The maximum Gasteiger partial charge on any atom is 0.405 e. The molecule has 3 nitrogen and oxygen atoms in total. The Morgan fingerprint density at radius 3 is 2.43 bits per heavy atom. The highest BCUT2D eigenvalue weighted by Crippen LogP contribution is 2.15. The van der Waals surface area contributed by atoms with Gasteiger partial charge in [0.2, 0.25) is 0 Å². The van der Waals surface area contributed by atoms with Gasteiger partial charge in [0.05, 0.1) is 11.9 Å². The van der Waals surface area contributed by atoms with E-state index in [1.807, 2.05) is 0 Å². The Balaban J connectivity index is 0.00000169. The fourth-order valence-electron chi connectivity index (χ4n) is 0.701. The van der Waals surface area contributed by atoms with Crippen LogP contribution in [0.25, 0.3) is 0 Å². The number of hydrogen-bond acceptors (Lipinski definition) is 3. The number of aromatic nitrogens is 1. The Morgan fingerprint density at radius 1 is 1.36 bits per heavy atom. The van der Waals surface area contributed by atoms with Crippen molar-refractivity contribution in [3.8, 4) is 0 Å². The van der Waals surface area contributed by atoms with Crippen molar-refractivity contribution < 1.29 is 13.2 Å². The van der Waals surface area contributed by atoms with Gasteiger partial charge in [0, 0.05) is 0 Å². The van der Waals surface area contributed by atoms with Crippen molar-refractivity contribution in [1.29, 1.82) is 0 Å². The molecule has 0 aliphatic heterocycles. The molecule has 0 saturated carbocycles. The third-order valence-electron chi connectivity index (χ3n) is 1.26. The molecule has 1 rings (SSSR count). The van der Waals surface area contributed by atoms with E-state index in [1.165, 1.54) is 18.3 Å². The molecule has 80 valence electrons. The highest BCUT2D eigenvalue weighted by Gasteiger charge is 2.26. The summed E-state index contributed by atoms with van der Waals surface area (Å²) in [6.07, 6.45) is -2.94. The van der Waals surface area contributed by atoms with Crippen LogP contribution in [0.2, 0.25) is 0 Å². The zero-order chi connectivity index (χ0) is 9.90. The predicted molar refractivity (Wildman–Crippen MR) is 50.4 cm³/mol. The number of hydrogen-bond donors (Lipinski definition) is 2. The van der Waals surface area contributed by atoms with E-state index in [1.54, 1.807) is 0 Å². The van der Waals surface area contributed by atoms with Gasteiger partial charge in [0.25, 0.3) is 0 Å². The smallest absolute Gasteiger partial charge is 0.397 e. The molecule has 0 atom stereocenters. The van der Waals surface area contributed by atoms with Gasteiger partial charge in [-0.05, 0) is 12.1 Å². The van der Waals surface area contributed by atoms with Crippen molar-refractivity contribution in [2.45, 2.75) is 6.18 Å². The minimum atomic E-state index is -4.23. The van der Waals surface area contributed by atoms with Gasteiger partial charge in [-0.2, -0.15) is 13.2 Å². The van der Waals surface area contributed by atoms with E-state index in [0.29, 0.717) is 5.69 Å². The third kappa shape index (κ3) is 4.76. The van der Waals surface area contributed by atoms with Gasteiger partial charge in [-0.3, -0.25) is 0 Å². The van der Waals surface area contributed by atoms with Crippen LogP contribution in [0.3, 0.4) is 0 Å². The van der Waals surface area contributed by atoms with Crippen LogP contribution in [0.1, 0.15) is 0 Å². The molecule has 3 N–H and O–H groups in total. The highest BCUT2D eigenvalue weighted by atomic mass is 35.5. The lowest BCUT2D eigenvalue weighted by Gasteiger charge is -2.08. The molecule has 0 aliphatic rings. The Kier molecular flexibility index (Phi) is 4.49. The van der Waals surface area contributed by atoms with Crippen LogP contribution in [0.15, 0.2) is 18.3 Å². The first-order valence-electron chi connectivity index (χ1n) is 3.49. The number of halogens is 4. The molecule has 0 saturated heterocycles. The fourth-order valence-corrected chi connectivity index (χ4v) is 0.701. The number of nitrogens with one attached hydrogen (secondary N) is 1. The van der Waals surface area contributed by atoms with E-state index in [9.17, 15) is 13.2 Å². The Morgan fingerprint density at radius 2 is 2.00 bits per heavy atom. The number of nitrogens with two attached hydrogens (primary N) is 1. The van der Waals surface area contributed by atoms with Crippen LogP contribution >= 0.6 is 12.4 Å². The van der Waals surface area contributed by atoms with E-state index in [4.69, 9.17) is 5.73 Å². The molecular formula is C7H9ClF3N3. The molecule has 14 heavy (non-hydrogen) atoms. The van der Waals surface area contributed by atoms with Gasteiger partial charge in [0.15, 0.2) is 0 Å². The summed E-state index contributed by atoms with van der Waals surface area (Å²) in [5.74, 6) is 0.159. The first kappa shape index (κ1) is 12.8. The van der Waals surface area contributed by atoms with E-state index in [2.05, 4.69) is 10.3 Å². The summed E-state index contributed by atoms with van der Waals surface area (Å²) < 4.78 is 35.1. The largest absolute Gasteiger partial charge is 0.405 e. The molecule has 0 aliphatic carbocycles. The number of anilines is 2. The minimum absolute atomic E-state index is 0. The monoisotopic (exact) mass is 227 g/mol. The zero-order valence-corrected chi connectivity index (χ0v) is 7.82. The average molecular weight is 228 g/mol. The maximum atomic E-state index is 11.7. The molecular weight excluding hydrogens is 219 g/mol. The second-order valence-corrected chi connectivity index (χ2v) is 2.45. The molecule has 1 aromatic heterocycles. The molecule has 0 bridgehead atoms. The summed E-state index contributed by atoms with van der Waals surface area (Å²) in [4.78, 5) is 3.65. The highest BCUT2D eigenvalue weighted by molar-refractivity contribution is 5.85. The second kappa shape index (κ2) is 4.90. The zero-order valence-electron chi connectivity index (χ0n) is 7.01. The van der Waals surface area contributed by atoms with Gasteiger partial charge in [0.1, 0.15) is 12.4 Å². The van der Waals surface area contributed by atoms with Crippen molar-refractivity contribution in [1.82, 2.24) is 4.98 Å². The van der Waals surface area contributed by atoms with Crippen LogP contribution < -0.4 is 11.1 Å². The second-order valence-electron chi connectivity index (χ2n) is 2.45. The SMILES string of the molecule is Cl.Nc1ccc(NCC(F)(F)F)nc1. The molecule has 0 amide bonds. The van der Waals surface area contributed by atoms with E-state index < -0.39 is 12.7 Å². The number of rotatable bonds is 2. The normalized spacial score (nSPS) is 10.5. The van der Waals surface area contributed by atoms with Crippen molar-refractivity contribution in [2.75, 3.05) is 17.6 Å². The number of nitrogen functional groups attached to an aromatic ring is 1. The fraction of sp³-hybridized carbons (Fsp3) is 0.286. The third-order valence-corrected chi connectivity index (χ3v) is 1.26. The molecule has 0 radical (unpaired) electrons. The first-order chi connectivity index (χ1) is 5.97. The summed E-state index contributed by atoms with van der Waals surface area (Å²) in [5.41, 5.74) is 5.71. The van der Waals surface area contributed by atoms with E-state index in [-0.39, 0.29) is 18.2 Å². The molecule has 1 aromatic rings. The van der Waals surface area contributed by atoms with Crippen molar-refractivity contribution >= 4 is 23.9 Å². The van der Waals surface area contributed by atoms with Gasteiger partial charge < -0.3 is 11.1 Å². The first-order valence-corrected chi connectivity index (χ1v) is 3.49. The Labute approximate surface area is 84.9 Å². The molecule has 0 aromatic carbocycles. The van der Waals surface area contributed by atoms with Gasteiger partial charge in [-0.15, -0.1) is 12.4 Å². The molecule has 7 heteroatoms. The van der Waals surface area contributed by atoms with Crippen molar-refractivity contribution in [3.63, 3.8) is 0 Å². The lowest BCUT2D eigenvalue weighted by Crippen LogP contribution is -2.21. The summed E-state index contributed by atoms with van der Waals surface area (Å²) in [6, 6.07) is 2.87. The van der Waals surface area contributed by atoms with E-state index >= 15 is 0 Å². The van der Waals surface area contributed by atoms with Crippen LogP contribution in [0.5, 0.6) is 0 Å². The van der Waals surface area contributed by atoms with Crippen molar-refractivity contribution in [3.05, 3.63) is 18.3 Å². The van der Waals surface area contributed by atoms with Crippen LogP contribution in [-0.2, 0) is 0 Å². The van der Waals surface area contributed by atoms with E-state index in [0.717, 1.165) is 0 Å². The summed E-state index contributed by atoms with van der Waals surface area (Å²) in [5, 5.41) is 2.12. The van der Waals surface area contributed by atoms with Crippen LogP contribution in [-0.4, -0.2) is 17.7 Å². The van der Waals surface area contributed by atoms with Crippen LogP contribution in [0.4, 0.5) is 24.7 Å². The topological polar surface area (TPSA) is 50.9 Å². The number of pyridine rings is 1. The molecule has 0 fully saturated rings. The molecule has 0 spiro atoms. The number of alkyl halides is 3. The maximum absolute atomic E-state index is 11.7.